The first-order chi connectivity index (χ1) is 7.79. The first kappa shape index (κ1) is 11.6. The summed E-state index contributed by atoms with van der Waals surface area (Å²) in [5, 5.41) is 0. The van der Waals surface area contributed by atoms with Gasteiger partial charge in [-0.25, -0.2) is 0 Å². The number of aryl methyl sites for hydroxylation is 1. The molecule has 88 valence electrons. The summed E-state index contributed by atoms with van der Waals surface area (Å²) < 4.78 is 0. The second kappa shape index (κ2) is 5.46. The second-order valence-corrected chi connectivity index (χ2v) is 4.76. The summed E-state index contributed by atoms with van der Waals surface area (Å²) >= 11 is 0. The fourth-order valence-electron chi connectivity index (χ4n) is 2.53. The SMILES string of the molecule is CCc1ccccc1CN1CCC[C@@H](N)C1. The zero-order chi connectivity index (χ0) is 11.4. The van der Waals surface area contributed by atoms with Crippen LogP contribution in [0.4, 0.5) is 0 Å². The van der Waals surface area contributed by atoms with Crippen molar-refractivity contribution in [2.75, 3.05) is 13.1 Å². The Balaban J connectivity index is 2.02. The average Bonchev–Trinajstić information content (AvgIpc) is 2.30. The van der Waals surface area contributed by atoms with Crippen molar-refractivity contribution in [3.63, 3.8) is 0 Å². The summed E-state index contributed by atoms with van der Waals surface area (Å²) in [6.07, 6.45) is 3.55. The smallest absolute Gasteiger partial charge is 0.0237 e. The molecule has 0 aromatic heterocycles. The predicted molar refractivity (Wildman–Crippen MR) is 68.3 cm³/mol. The van der Waals surface area contributed by atoms with Gasteiger partial charge >= 0.3 is 0 Å². The molecule has 0 aliphatic carbocycles. The van der Waals surface area contributed by atoms with Crippen LogP contribution in [-0.2, 0) is 13.0 Å². The van der Waals surface area contributed by atoms with Gasteiger partial charge in [0.05, 0.1) is 0 Å². The molecule has 0 radical (unpaired) electrons. The van der Waals surface area contributed by atoms with Crippen molar-refractivity contribution in [2.24, 2.45) is 5.73 Å². The quantitative estimate of drug-likeness (QED) is 0.842. The van der Waals surface area contributed by atoms with Gasteiger partial charge in [0.25, 0.3) is 0 Å². The number of hydrogen-bond acceptors (Lipinski definition) is 2. The number of benzene rings is 1. The van der Waals surface area contributed by atoms with Gasteiger partial charge < -0.3 is 5.73 Å². The molecule has 1 aliphatic rings. The van der Waals surface area contributed by atoms with E-state index in [0.717, 1.165) is 19.5 Å². The highest BCUT2D eigenvalue weighted by Crippen LogP contribution is 2.16. The van der Waals surface area contributed by atoms with Crippen LogP contribution in [0.5, 0.6) is 0 Å². The van der Waals surface area contributed by atoms with Crippen LogP contribution in [0, 0.1) is 0 Å². The van der Waals surface area contributed by atoms with Crippen LogP contribution in [0.1, 0.15) is 30.9 Å². The Bertz CT molecular complexity index is 335. The molecule has 2 nitrogen and oxygen atoms in total. The minimum absolute atomic E-state index is 0.377. The lowest BCUT2D eigenvalue weighted by Crippen LogP contribution is -2.42. The van der Waals surface area contributed by atoms with Gasteiger partial charge in [-0.05, 0) is 36.9 Å². The first-order valence-electron chi connectivity index (χ1n) is 6.34. The molecule has 2 rings (SSSR count). The van der Waals surface area contributed by atoms with Crippen molar-refractivity contribution in [1.82, 2.24) is 4.90 Å². The molecule has 1 aromatic carbocycles. The molecule has 16 heavy (non-hydrogen) atoms. The molecule has 1 aliphatic heterocycles. The monoisotopic (exact) mass is 218 g/mol. The summed E-state index contributed by atoms with van der Waals surface area (Å²) in [5.74, 6) is 0. The van der Waals surface area contributed by atoms with Gasteiger partial charge in [-0.3, -0.25) is 4.90 Å². The Morgan fingerprint density at radius 2 is 2.06 bits per heavy atom. The van der Waals surface area contributed by atoms with E-state index in [0.29, 0.717) is 6.04 Å². The van der Waals surface area contributed by atoms with E-state index in [9.17, 15) is 0 Å². The van der Waals surface area contributed by atoms with Gasteiger partial charge in [0.2, 0.25) is 0 Å². The van der Waals surface area contributed by atoms with Crippen molar-refractivity contribution in [1.29, 1.82) is 0 Å². The summed E-state index contributed by atoms with van der Waals surface area (Å²) in [5.41, 5.74) is 8.95. The largest absolute Gasteiger partial charge is 0.327 e. The topological polar surface area (TPSA) is 29.3 Å². The summed E-state index contributed by atoms with van der Waals surface area (Å²) in [7, 11) is 0. The third-order valence-electron chi connectivity index (χ3n) is 3.44. The van der Waals surface area contributed by atoms with E-state index in [1.54, 1.807) is 0 Å². The lowest BCUT2D eigenvalue weighted by molar-refractivity contribution is 0.201. The molecule has 0 unspecified atom stereocenters. The van der Waals surface area contributed by atoms with Crippen molar-refractivity contribution in [3.05, 3.63) is 35.4 Å². The first-order valence-corrected chi connectivity index (χ1v) is 6.34. The summed E-state index contributed by atoms with van der Waals surface area (Å²) in [6.45, 7) is 5.54. The molecule has 1 aromatic rings. The van der Waals surface area contributed by atoms with E-state index in [-0.39, 0.29) is 0 Å². The lowest BCUT2D eigenvalue weighted by atomic mass is 10.0. The number of rotatable bonds is 3. The van der Waals surface area contributed by atoms with Crippen molar-refractivity contribution in [3.8, 4) is 0 Å². The van der Waals surface area contributed by atoms with Crippen LogP contribution in [0.2, 0.25) is 0 Å². The zero-order valence-electron chi connectivity index (χ0n) is 10.2. The second-order valence-electron chi connectivity index (χ2n) is 4.76. The molecule has 2 N–H and O–H groups in total. The Morgan fingerprint density at radius 3 is 2.75 bits per heavy atom. The highest BCUT2D eigenvalue weighted by molar-refractivity contribution is 5.26. The van der Waals surface area contributed by atoms with E-state index in [1.807, 2.05) is 0 Å². The number of nitrogens with zero attached hydrogens (tertiary/aromatic N) is 1. The molecule has 0 amide bonds. The molecule has 1 heterocycles. The van der Waals surface area contributed by atoms with Crippen LogP contribution in [0.3, 0.4) is 0 Å². The highest BCUT2D eigenvalue weighted by atomic mass is 15.1. The number of piperidine rings is 1. The Morgan fingerprint density at radius 1 is 1.31 bits per heavy atom. The lowest BCUT2D eigenvalue weighted by Gasteiger charge is -2.31. The van der Waals surface area contributed by atoms with Crippen molar-refractivity contribution in [2.45, 2.75) is 38.8 Å². The van der Waals surface area contributed by atoms with Crippen LogP contribution in [0.15, 0.2) is 24.3 Å². The van der Waals surface area contributed by atoms with E-state index in [4.69, 9.17) is 5.73 Å². The van der Waals surface area contributed by atoms with Crippen LogP contribution < -0.4 is 5.73 Å². The minimum Gasteiger partial charge on any atom is -0.327 e. The standard InChI is InChI=1S/C14H22N2/c1-2-12-6-3-4-7-13(12)10-16-9-5-8-14(15)11-16/h3-4,6-7,14H,2,5,8-11,15H2,1H3/t14-/m1/s1. The molecular formula is C14H22N2. The van der Waals surface area contributed by atoms with Crippen molar-refractivity contribution < 1.29 is 0 Å². The average molecular weight is 218 g/mol. The normalized spacial score (nSPS) is 22.2. The molecule has 0 bridgehead atoms. The predicted octanol–water partition coefficient (Wildman–Crippen LogP) is 2.17. The fourth-order valence-corrected chi connectivity index (χ4v) is 2.53. The molecule has 1 fully saturated rings. The van der Waals surface area contributed by atoms with Crippen molar-refractivity contribution >= 4 is 0 Å². The highest BCUT2D eigenvalue weighted by Gasteiger charge is 2.17. The van der Waals surface area contributed by atoms with E-state index >= 15 is 0 Å². The van der Waals surface area contributed by atoms with Crippen LogP contribution >= 0.6 is 0 Å². The molecule has 0 saturated carbocycles. The molecule has 1 atom stereocenters. The van der Waals surface area contributed by atoms with E-state index in [2.05, 4.69) is 36.1 Å². The number of nitrogens with two attached hydrogens (primary N) is 1. The van der Waals surface area contributed by atoms with Gasteiger partial charge in [0, 0.05) is 19.1 Å². The number of hydrogen-bond donors (Lipinski definition) is 1. The molecular weight excluding hydrogens is 196 g/mol. The Kier molecular flexibility index (Phi) is 3.97. The Hall–Kier alpha value is -0.860. The third kappa shape index (κ3) is 2.83. The molecule has 1 saturated heterocycles. The Labute approximate surface area is 98.4 Å². The minimum atomic E-state index is 0.377. The van der Waals surface area contributed by atoms with Gasteiger partial charge in [-0.15, -0.1) is 0 Å². The fraction of sp³-hybridized carbons (Fsp3) is 0.571. The third-order valence-corrected chi connectivity index (χ3v) is 3.44. The summed E-state index contributed by atoms with van der Waals surface area (Å²) in [4.78, 5) is 2.49. The van der Waals surface area contributed by atoms with Crippen LogP contribution in [0.25, 0.3) is 0 Å². The number of likely N-dealkylation sites (tertiary alicyclic amines) is 1. The maximum Gasteiger partial charge on any atom is 0.0237 e. The zero-order valence-corrected chi connectivity index (χ0v) is 10.2. The maximum atomic E-state index is 6.01. The van der Waals surface area contributed by atoms with Gasteiger partial charge in [0.15, 0.2) is 0 Å². The molecule has 2 heteroatoms. The van der Waals surface area contributed by atoms with Gasteiger partial charge in [-0.2, -0.15) is 0 Å². The maximum absolute atomic E-state index is 6.01. The van der Waals surface area contributed by atoms with E-state index in [1.165, 1.54) is 30.5 Å². The summed E-state index contributed by atoms with van der Waals surface area (Å²) in [6, 6.07) is 9.13. The van der Waals surface area contributed by atoms with Crippen LogP contribution in [-0.4, -0.2) is 24.0 Å². The van der Waals surface area contributed by atoms with E-state index < -0.39 is 0 Å². The molecule has 0 spiro atoms. The van der Waals surface area contributed by atoms with Gasteiger partial charge in [-0.1, -0.05) is 31.2 Å². The van der Waals surface area contributed by atoms with Gasteiger partial charge in [0.1, 0.15) is 0 Å².